The molecule has 0 unspecified atom stereocenters. The van der Waals surface area contributed by atoms with Gasteiger partial charge in [0.1, 0.15) is 0 Å². The van der Waals surface area contributed by atoms with Gasteiger partial charge in [0, 0.05) is 6.20 Å². The molecule has 6 nitrogen and oxygen atoms in total. The van der Waals surface area contributed by atoms with Gasteiger partial charge < -0.3 is 10.4 Å². The van der Waals surface area contributed by atoms with Crippen LogP contribution >= 0.6 is 0 Å². The first-order chi connectivity index (χ1) is 10.3. The number of carbonyl (C=O) groups is 2. The SMILES string of the molecule is CC(C)(C)n1cc(C(=O)N[C@H](C(=O)O)c2ccccc2)cn1. The molecule has 6 heteroatoms. The van der Waals surface area contributed by atoms with E-state index in [2.05, 4.69) is 10.4 Å². The lowest BCUT2D eigenvalue weighted by Crippen LogP contribution is -2.33. The molecule has 1 amide bonds. The van der Waals surface area contributed by atoms with Gasteiger partial charge in [-0.1, -0.05) is 30.3 Å². The molecule has 0 aliphatic carbocycles. The minimum absolute atomic E-state index is 0.246. The van der Waals surface area contributed by atoms with Crippen LogP contribution in [0.25, 0.3) is 0 Å². The first-order valence-corrected chi connectivity index (χ1v) is 6.93. The molecule has 1 heterocycles. The lowest BCUT2D eigenvalue weighted by Gasteiger charge is -2.18. The maximum atomic E-state index is 12.2. The van der Waals surface area contributed by atoms with Crippen molar-refractivity contribution in [1.82, 2.24) is 15.1 Å². The summed E-state index contributed by atoms with van der Waals surface area (Å²) in [6, 6.07) is 7.49. The third-order valence-electron chi connectivity index (χ3n) is 3.19. The molecule has 0 saturated heterocycles. The van der Waals surface area contributed by atoms with Gasteiger partial charge in [0.2, 0.25) is 0 Å². The summed E-state index contributed by atoms with van der Waals surface area (Å²) in [5, 5.41) is 16.0. The molecule has 0 fully saturated rings. The average molecular weight is 301 g/mol. The van der Waals surface area contributed by atoms with Crippen molar-refractivity contribution in [3.63, 3.8) is 0 Å². The highest BCUT2D eigenvalue weighted by Crippen LogP contribution is 2.16. The summed E-state index contributed by atoms with van der Waals surface area (Å²) < 4.78 is 1.67. The Kier molecular flexibility index (Phi) is 4.30. The molecule has 2 rings (SSSR count). The van der Waals surface area contributed by atoms with Crippen LogP contribution in [-0.2, 0) is 10.3 Å². The molecule has 2 N–H and O–H groups in total. The van der Waals surface area contributed by atoms with Crippen molar-refractivity contribution in [1.29, 1.82) is 0 Å². The molecule has 1 aromatic heterocycles. The van der Waals surface area contributed by atoms with Gasteiger partial charge in [0.05, 0.1) is 17.3 Å². The largest absolute Gasteiger partial charge is 0.479 e. The van der Waals surface area contributed by atoms with E-state index in [0.717, 1.165) is 0 Å². The Labute approximate surface area is 128 Å². The van der Waals surface area contributed by atoms with E-state index in [1.807, 2.05) is 20.8 Å². The average Bonchev–Trinajstić information content (AvgIpc) is 2.95. The summed E-state index contributed by atoms with van der Waals surface area (Å²) in [5.74, 6) is -1.57. The van der Waals surface area contributed by atoms with Crippen molar-refractivity contribution in [2.24, 2.45) is 0 Å². The Morgan fingerprint density at radius 3 is 2.36 bits per heavy atom. The second kappa shape index (κ2) is 6.01. The zero-order valence-electron chi connectivity index (χ0n) is 12.8. The maximum Gasteiger partial charge on any atom is 0.330 e. The predicted octanol–water partition coefficient (Wildman–Crippen LogP) is 2.19. The molecule has 1 aromatic carbocycles. The Bertz CT molecular complexity index is 671. The van der Waals surface area contributed by atoms with Gasteiger partial charge in [0.15, 0.2) is 6.04 Å². The van der Waals surface area contributed by atoms with Gasteiger partial charge in [-0.05, 0) is 26.3 Å². The first kappa shape index (κ1) is 15.8. The fraction of sp³-hybridized carbons (Fsp3) is 0.312. The Balaban J connectivity index is 2.19. The molecule has 1 atom stereocenters. The van der Waals surface area contributed by atoms with Gasteiger partial charge >= 0.3 is 5.97 Å². The number of nitrogens with zero attached hydrogens (tertiary/aromatic N) is 2. The van der Waals surface area contributed by atoms with E-state index in [0.29, 0.717) is 11.1 Å². The molecule has 0 spiro atoms. The standard InChI is InChI=1S/C16H19N3O3/c1-16(2,3)19-10-12(9-17-19)14(20)18-13(15(21)22)11-7-5-4-6-8-11/h4-10,13H,1-3H3,(H,18,20)(H,21,22)/t13-/m0/s1. The van der Waals surface area contributed by atoms with Crippen LogP contribution in [0, 0.1) is 0 Å². The number of carbonyl (C=O) groups excluding carboxylic acids is 1. The van der Waals surface area contributed by atoms with E-state index in [9.17, 15) is 14.7 Å². The quantitative estimate of drug-likeness (QED) is 0.906. The van der Waals surface area contributed by atoms with E-state index in [-0.39, 0.29) is 5.54 Å². The molecule has 2 aromatic rings. The number of amides is 1. The summed E-state index contributed by atoms with van der Waals surface area (Å²) in [5.41, 5.74) is 0.605. The van der Waals surface area contributed by atoms with E-state index in [4.69, 9.17) is 0 Å². The number of carboxylic acid groups (broad SMARTS) is 1. The highest BCUT2D eigenvalue weighted by Gasteiger charge is 2.24. The number of rotatable bonds is 4. The van der Waals surface area contributed by atoms with Crippen molar-refractivity contribution >= 4 is 11.9 Å². The number of benzene rings is 1. The van der Waals surface area contributed by atoms with Crippen LogP contribution in [0.3, 0.4) is 0 Å². The molecule has 0 radical (unpaired) electrons. The van der Waals surface area contributed by atoms with Crippen molar-refractivity contribution in [2.45, 2.75) is 32.4 Å². The molecule has 0 saturated carbocycles. The highest BCUT2D eigenvalue weighted by atomic mass is 16.4. The zero-order valence-corrected chi connectivity index (χ0v) is 12.8. The summed E-state index contributed by atoms with van der Waals surface area (Å²) in [7, 11) is 0. The molecule has 0 bridgehead atoms. The lowest BCUT2D eigenvalue weighted by molar-refractivity contribution is -0.139. The first-order valence-electron chi connectivity index (χ1n) is 6.93. The summed E-state index contributed by atoms with van der Waals surface area (Å²) >= 11 is 0. The van der Waals surface area contributed by atoms with Crippen LogP contribution in [0.15, 0.2) is 42.7 Å². The Hall–Kier alpha value is -2.63. The minimum atomic E-state index is -1.11. The topological polar surface area (TPSA) is 84.2 Å². The van der Waals surface area contributed by atoms with Gasteiger partial charge in [-0.2, -0.15) is 5.10 Å². The Morgan fingerprint density at radius 2 is 1.86 bits per heavy atom. The van der Waals surface area contributed by atoms with E-state index < -0.39 is 17.9 Å². The molecule has 0 aliphatic heterocycles. The highest BCUT2D eigenvalue weighted by molar-refractivity contribution is 5.96. The smallest absolute Gasteiger partial charge is 0.330 e. The van der Waals surface area contributed by atoms with Crippen molar-refractivity contribution in [3.8, 4) is 0 Å². The monoisotopic (exact) mass is 301 g/mol. The van der Waals surface area contributed by atoms with Crippen LogP contribution in [0.2, 0.25) is 0 Å². The second-order valence-corrected chi connectivity index (χ2v) is 6.00. The molecule has 116 valence electrons. The molecular weight excluding hydrogens is 282 g/mol. The van der Waals surface area contributed by atoms with Crippen LogP contribution in [0.1, 0.15) is 42.7 Å². The molecule has 0 aliphatic rings. The maximum absolute atomic E-state index is 12.2. The van der Waals surface area contributed by atoms with E-state index in [1.165, 1.54) is 6.20 Å². The number of aromatic nitrogens is 2. The number of nitrogens with one attached hydrogen (secondary N) is 1. The van der Waals surface area contributed by atoms with Crippen molar-refractivity contribution < 1.29 is 14.7 Å². The van der Waals surface area contributed by atoms with E-state index >= 15 is 0 Å². The number of hydrogen-bond donors (Lipinski definition) is 2. The number of hydrogen-bond acceptors (Lipinski definition) is 3. The molecule has 22 heavy (non-hydrogen) atoms. The third-order valence-corrected chi connectivity index (χ3v) is 3.19. The van der Waals surface area contributed by atoms with Crippen LogP contribution in [0.5, 0.6) is 0 Å². The van der Waals surface area contributed by atoms with E-state index in [1.54, 1.807) is 41.2 Å². The second-order valence-electron chi connectivity index (χ2n) is 6.00. The van der Waals surface area contributed by atoms with Gasteiger partial charge in [-0.3, -0.25) is 9.48 Å². The lowest BCUT2D eigenvalue weighted by atomic mass is 10.1. The van der Waals surface area contributed by atoms with Crippen LogP contribution in [0.4, 0.5) is 0 Å². The van der Waals surface area contributed by atoms with Crippen LogP contribution < -0.4 is 5.32 Å². The number of carboxylic acids is 1. The summed E-state index contributed by atoms with van der Waals surface area (Å²) in [6.45, 7) is 5.89. The summed E-state index contributed by atoms with van der Waals surface area (Å²) in [6.07, 6.45) is 3.05. The van der Waals surface area contributed by atoms with Gasteiger partial charge in [-0.25, -0.2) is 4.79 Å². The fourth-order valence-corrected chi connectivity index (χ4v) is 1.95. The van der Waals surface area contributed by atoms with Crippen LogP contribution in [-0.4, -0.2) is 26.8 Å². The fourth-order valence-electron chi connectivity index (χ4n) is 1.95. The summed E-state index contributed by atoms with van der Waals surface area (Å²) in [4.78, 5) is 23.6. The molecular formula is C16H19N3O3. The minimum Gasteiger partial charge on any atom is -0.479 e. The zero-order chi connectivity index (χ0) is 16.3. The Morgan fingerprint density at radius 1 is 1.23 bits per heavy atom. The normalized spacial score (nSPS) is 12.7. The predicted molar refractivity (Wildman–Crippen MR) is 81.5 cm³/mol. The third kappa shape index (κ3) is 3.52. The van der Waals surface area contributed by atoms with Gasteiger partial charge in [-0.15, -0.1) is 0 Å². The number of aliphatic carboxylic acids is 1. The van der Waals surface area contributed by atoms with Crippen molar-refractivity contribution in [3.05, 3.63) is 53.9 Å². The van der Waals surface area contributed by atoms with Gasteiger partial charge in [0.25, 0.3) is 5.91 Å². The van der Waals surface area contributed by atoms with Crippen molar-refractivity contribution in [2.75, 3.05) is 0 Å².